The molecule has 0 radical (unpaired) electrons. The number of thioether (sulfide) groups is 1. The van der Waals surface area contributed by atoms with Crippen molar-refractivity contribution >= 4 is 17.7 Å². The fourth-order valence-corrected chi connectivity index (χ4v) is 3.88. The zero-order valence-electron chi connectivity index (χ0n) is 7.14. The molecular weight excluding hydrogens is 188 g/mol. The highest BCUT2D eigenvalue weighted by Crippen LogP contribution is 2.54. The maximum atomic E-state index is 11.1. The van der Waals surface area contributed by atoms with E-state index in [0.29, 0.717) is 18.1 Å². The lowest BCUT2D eigenvalue weighted by molar-refractivity contribution is -0.149. The molecule has 3 atom stereocenters. The minimum absolute atomic E-state index is 0.0378. The molecule has 13 heavy (non-hydrogen) atoms. The zero-order valence-corrected chi connectivity index (χ0v) is 7.96. The molecule has 1 fully saturated rings. The van der Waals surface area contributed by atoms with Crippen LogP contribution in [0.2, 0.25) is 0 Å². The molecule has 4 heteroatoms. The first-order chi connectivity index (χ1) is 6.19. The number of aliphatic hydroxyl groups is 1. The normalized spacial score (nSPS) is 41.3. The summed E-state index contributed by atoms with van der Waals surface area (Å²) in [7, 11) is 0. The van der Waals surface area contributed by atoms with Crippen molar-refractivity contribution in [2.45, 2.75) is 23.3 Å². The van der Waals surface area contributed by atoms with Crippen molar-refractivity contribution in [1.29, 1.82) is 0 Å². The second-order valence-corrected chi connectivity index (χ2v) is 5.00. The largest absolute Gasteiger partial charge is 0.481 e. The number of hydrogen-bond acceptors (Lipinski definition) is 3. The second-order valence-electron chi connectivity index (χ2n) is 3.62. The molecule has 72 valence electrons. The molecule has 2 aliphatic heterocycles. The molecule has 2 N–H and O–H groups in total. The van der Waals surface area contributed by atoms with E-state index >= 15 is 0 Å². The molecule has 3 nitrogen and oxygen atoms in total. The number of aliphatic carboxylic acids is 1. The summed E-state index contributed by atoms with van der Waals surface area (Å²) in [4.78, 5) is 11.1. The quantitative estimate of drug-likeness (QED) is 0.664. The van der Waals surface area contributed by atoms with Crippen LogP contribution < -0.4 is 0 Å². The summed E-state index contributed by atoms with van der Waals surface area (Å²) >= 11 is 1.70. The van der Waals surface area contributed by atoms with Crippen molar-refractivity contribution in [3.63, 3.8) is 0 Å². The smallest absolute Gasteiger partial charge is 0.311 e. The molecule has 0 aromatic rings. The van der Waals surface area contributed by atoms with Crippen LogP contribution in [0.4, 0.5) is 0 Å². The van der Waals surface area contributed by atoms with Crippen molar-refractivity contribution in [2.75, 3.05) is 6.61 Å². The summed E-state index contributed by atoms with van der Waals surface area (Å²) < 4.78 is 0. The summed E-state index contributed by atoms with van der Waals surface area (Å²) in [6, 6.07) is 0. The Morgan fingerprint density at radius 1 is 1.62 bits per heavy atom. The van der Waals surface area contributed by atoms with Crippen molar-refractivity contribution in [2.24, 2.45) is 5.41 Å². The van der Waals surface area contributed by atoms with Crippen LogP contribution in [0.15, 0.2) is 12.2 Å². The van der Waals surface area contributed by atoms with E-state index in [1.807, 2.05) is 6.08 Å². The summed E-state index contributed by atoms with van der Waals surface area (Å²) in [5.74, 6) is -0.758. The average molecular weight is 200 g/mol. The SMILES string of the molecule is O=C(O)C1(CCO)CC2C=CC1S2. The van der Waals surface area contributed by atoms with Gasteiger partial charge in [0.15, 0.2) is 0 Å². The lowest BCUT2D eigenvalue weighted by atomic mass is 9.75. The van der Waals surface area contributed by atoms with Crippen molar-refractivity contribution in [3.8, 4) is 0 Å². The number of hydrogen-bond donors (Lipinski definition) is 2. The van der Waals surface area contributed by atoms with E-state index < -0.39 is 11.4 Å². The molecule has 1 saturated heterocycles. The first-order valence-electron chi connectivity index (χ1n) is 4.37. The van der Waals surface area contributed by atoms with Gasteiger partial charge in [0.05, 0.1) is 5.41 Å². The van der Waals surface area contributed by atoms with E-state index in [0.717, 1.165) is 0 Å². The minimum Gasteiger partial charge on any atom is -0.481 e. The van der Waals surface area contributed by atoms with E-state index in [2.05, 4.69) is 6.08 Å². The number of fused-ring (bicyclic) bond motifs is 2. The van der Waals surface area contributed by atoms with Crippen LogP contribution >= 0.6 is 11.8 Å². The molecule has 3 unspecified atom stereocenters. The molecule has 0 aromatic heterocycles. The van der Waals surface area contributed by atoms with Crippen LogP contribution in [0.5, 0.6) is 0 Å². The van der Waals surface area contributed by atoms with Crippen molar-refractivity contribution in [3.05, 3.63) is 12.2 Å². The van der Waals surface area contributed by atoms with Gasteiger partial charge in [0.2, 0.25) is 0 Å². The van der Waals surface area contributed by atoms with E-state index in [9.17, 15) is 4.79 Å². The Balaban J connectivity index is 2.25. The van der Waals surface area contributed by atoms with E-state index in [1.54, 1.807) is 11.8 Å². The van der Waals surface area contributed by atoms with Gasteiger partial charge in [0.1, 0.15) is 0 Å². The van der Waals surface area contributed by atoms with Crippen LogP contribution in [0.1, 0.15) is 12.8 Å². The van der Waals surface area contributed by atoms with Gasteiger partial charge in [-0.15, -0.1) is 11.8 Å². The molecule has 0 aromatic carbocycles. The molecule has 2 bridgehead atoms. The van der Waals surface area contributed by atoms with Crippen LogP contribution in [0.25, 0.3) is 0 Å². The molecular formula is C9H12O3S. The van der Waals surface area contributed by atoms with Gasteiger partial charge >= 0.3 is 5.97 Å². The average Bonchev–Trinajstić information content (AvgIpc) is 2.64. The van der Waals surface area contributed by atoms with Gasteiger partial charge in [-0.05, 0) is 12.8 Å². The predicted octanol–water partition coefficient (Wildman–Crippen LogP) is 0.884. The lowest BCUT2D eigenvalue weighted by Gasteiger charge is -2.28. The van der Waals surface area contributed by atoms with Gasteiger partial charge in [-0.25, -0.2) is 0 Å². The molecule has 2 heterocycles. The lowest BCUT2D eigenvalue weighted by Crippen LogP contribution is -2.38. The highest BCUT2D eigenvalue weighted by atomic mass is 32.2. The standard InChI is InChI=1S/C9H12O3S/c10-4-3-9(8(11)12)5-6-1-2-7(9)13-6/h1-2,6-7,10H,3-5H2,(H,11,12). The number of rotatable bonds is 3. The third kappa shape index (κ3) is 1.20. The number of carbonyl (C=O) groups is 1. The molecule has 0 aliphatic carbocycles. The van der Waals surface area contributed by atoms with E-state index in [1.165, 1.54) is 0 Å². The van der Waals surface area contributed by atoms with Gasteiger partial charge in [0.25, 0.3) is 0 Å². The van der Waals surface area contributed by atoms with Crippen LogP contribution in [0, 0.1) is 5.41 Å². The van der Waals surface area contributed by atoms with Crippen molar-refractivity contribution in [1.82, 2.24) is 0 Å². The Kier molecular flexibility index (Phi) is 2.12. The van der Waals surface area contributed by atoms with Gasteiger partial charge in [-0.3, -0.25) is 4.79 Å². The Morgan fingerprint density at radius 3 is 2.77 bits per heavy atom. The zero-order chi connectivity index (χ0) is 9.47. The van der Waals surface area contributed by atoms with Gasteiger partial charge < -0.3 is 10.2 Å². The topological polar surface area (TPSA) is 57.5 Å². The Bertz CT molecular complexity index is 264. The fourth-order valence-electron chi connectivity index (χ4n) is 2.17. The first-order valence-corrected chi connectivity index (χ1v) is 5.31. The molecule has 0 amide bonds. The molecule has 2 rings (SSSR count). The maximum absolute atomic E-state index is 11.1. The van der Waals surface area contributed by atoms with Crippen molar-refractivity contribution < 1.29 is 15.0 Å². The maximum Gasteiger partial charge on any atom is 0.311 e. The Labute approximate surface area is 80.8 Å². The highest BCUT2D eigenvalue weighted by molar-refractivity contribution is 8.01. The van der Waals surface area contributed by atoms with Gasteiger partial charge in [-0.2, -0.15) is 0 Å². The summed E-state index contributed by atoms with van der Waals surface area (Å²) in [6.45, 7) is -0.0378. The monoisotopic (exact) mass is 200 g/mol. The van der Waals surface area contributed by atoms with Gasteiger partial charge in [0, 0.05) is 17.1 Å². The second kappa shape index (κ2) is 3.03. The minimum atomic E-state index is -0.758. The summed E-state index contributed by atoms with van der Waals surface area (Å²) in [5, 5.41) is 18.5. The van der Waals surface area contributed by atoms with Crippen LogP contribution in [-0.2, 0) is 4.79 Å². The number of carboxylic acid groups (broad SMARTS) is 1. The third-order valence-electron chi connectivity index (χ3n) is 2.92. The fraction of sp³-hybridized carbons (Fsp3) is 0.667. The van der Waals surface area contributed by atoms with E-state index in [4.69, 9.17) is 10.2 Å². The van der Waals surface area contributed by atoms with Crippen LogP contribution in [0.3, 0.4) is 0 Å². The Hall–Kier alpha value is -0.480. The van der Waals surface area contributed by atoms with E-state index in [-0.39, 0.29) is 11.9 Å². The molecule has 0 saturated carbocycles. The summed E-state index contributed by atoms with van der Waals surface area (Å²) in [6.07, 6.45) is 5.10. The predicted molar refractivity (Wildman–Crippen MR) is 50.7 cm³/mol. The first kappa shape index (κ1) is 9.09. The number of carboxylic acids is 1. The molecule has 2 aliphatic rings. The number of aliphatic hydroxyl groups excluding tert-OH is 1. The summed E-state index contributed by atoms with van der Waals surface area (Å²) in [5.41, 5.74) is -0.696. The molecule has 0 spiro atoms. The van der Waals surface area contributed by atoms with Gasteiger partial charge in [-0.1, -0.05) is 12.2 Å². The third-order valence-corrected chi connectivity index (χ3v) is 4.49. The highest BCUT2D eigenvalue weighted by Gasteiger charge is 2.53. The Morgan fingerprint density at radius 2 is 2.38 bits per heavy atom. The van der Waals surface area contributed by atoms with Crippen LogP contribution in [-0.4, -0.2) is 33.3 Å².